The number of hydrogen-bond donors (Lipinski definition) is 1. The normalized spacial score (nSPS) is 11.5. The molecule has 0 radical (unpaired) electrons. The maximum atomic E-state index is 12.8. The third kappa shape index (κ3) is 3.26. The average Bonchev–Trinajstić information content (AvgIpc) is 2.94. The number of aromatic nitrogens is 1. The molecule has 128 valence electrons. The minimum atomic E-state index is -4.49. The van der Waals surface area contributed by atoms with Crippen LogP contribution in [0.15, 0.2) is 54.7 Å². The van der Waals surface area contributed by atoms with Crippen molar-refractivity contribution in [3.05, 3.63) is 65.9 Å². The first-order valence-electron chi connectivity index (χ1n) is 7.37. The van der Waals surface area contributed by atoms with Gasteiger partial charge in [-0.3, -0.25) is 14.2 Å². The van der Waals surface area contributed by atoms with Crippen LogP contribution in [-0.4, -0.2) is 16.4 Å². The number of hydrogen-bond acceptors (Lipinski definition) is 2. The highest BCUT2D eigenvalue weighted by Crippen LogP contribution is 2.31. The molecule has 0 aliphatic carbocycles. The zero-order valence-corrected chi connectivity index (χ0v) is 13.1. The predicted octanol–water partition coefficient (Wildman–Crippen LogP) is 4.57. The third-order valence-electron chi connectivity index (χ3n) is 3.74. The number of fused-ring (bicyclic) bond motifs is 1. The lowest BCUT2D eigenvalue weighted by atomic mass is 10.1. The number of nitrogens with one attached hydrogen (secondary N) is 1. The molecule has 1 aromatic heterocycles. The van der Waals surface area contributed by atoms with E-state index in [-0.39, 0.29) is 17.2 Å². The molecular formula is C18H13F3N2O2. The second-order valence-electron chi connectivity index (χ2n) is 5.48. The molecule has 3 rings (SSSR count). The molecule has 7 heteroatoms. The van der Waals surface area contributed by atoms with Gasteiger partial charge in [-0.2, -0.15) is 13.2 Å². The van der Waals surface area contributed by atoms with Crippen LogP contribution in [0.3, 0.4) is 0 Å². The largest absolute Gasteiger partial charge is 0.416 e. The molecule has 0 saturated heterocycles. The first kappa shape index (κ1) is 16.8. The fourth-order valence-corrected chi connectivity index (χ4v) is 2.59. The molecule has 0 spiro atoms. The van der Waals surface area contributed by atoms with E-state index in [1.54, 1.807) is 24.3 Å². The van der Waals surface area contributed by atoms with Crippen molar-refractivity contribution in [3.63, 3.8) is 0 Å². The number of amides is 1. The molecular weight excluding hydrogens is 333 g/mol. The van der Waals surface area contributed by atoms with E-state index in [1.165, 1.54) is 29.8 Å². The van der Waals surface area contributed by atoms with Gasteiger partial charge in [0.2, 0.25) is 5.91 Å². The van der Waals surface area contributed by atoms with E-state index in [1.807, 2.05) is 0 Å². The van der Waals surface area contributed by atoms with Crippen molar-refractivity contribution in [3.8, 4) is 0 Å². The standard InChI is InChI=1S/C18H13F3N2O2/c1-11(24)23-10-15(14-7-2-3-8-16(14)23)17(25)22-13-6-4-5-12(9-13)18(19,20)21/h2-10H,1H3,(H,22,25). The molecule has 0 unspecified atom stereocenters. The second kappa shape index (κ2) is 6.08. The van der Waals surface area contributed by atoms with Gasteiger partial charge in [-0.15, -0.1) is 0 Å². The summed E-state index contributed by atoms with van der Waals surface area (Å²) in [4.78, 5) is 24.2. The van der Waals surface area contributed by atoms with Gasteiger partial charge in [0, 0.05) is 24.2 Å². The lowest BCUT2D eigenvalue weighted by Gasteiger charge is -2.09. The van der Waals surface area contributed by atoms with Gasteiger partial charge in [0.1, 0.15) is 0 Å². The molecule has 0 bridgehead atoms. The fraction of sp³-hybridized carbons (Fsp3) is 0.111. The summed E-state index contributed by atoms with van der Waals surface area (Å²) in [6, 6.07) is 11.2. The van der Waals surface area contributed by atoms with Crippen molar-refractivity contribution < 1.29 is 22.8 Å². The smallest absolute Gasteiger partial charge is 0.322 e. The molecule has 0 aliphatic rings. The van der Waals surface area contributed by atoms with Crippen molar-refractivity contribution in [2.75, 3.05) is 5.32 Å². The van der Waals surface area contributed by atoms with Crippen LogP contribution in [0.5, 0.6) is 0 Å². The summed E-state index contributed by atoms with van der Waals surface area (Å²) in [5.41, 5.74) is -0.0525. The first-order chi connectivity index (χ1) is 11.8. The van der Waals surface area contributed by atoms with Gasteiger partial charge in [-0.05, 0) is 24.3 Å². The van der Waals surface area contributed by atoms with Crippen LogP contribution in [0.1, 0.15) is 27.6 Å². The number of rotatable bonds is 2. The number of carbonyl (C=O) groups excluding carboxylic acids is 2. The Morgan fingerprint density at radius 1 is 1.04 bits per heavy atom. The quantitative estimate of drug-likeness (QED) is 0.739. The maximum Gasteiger partial charge on any atom is 0.416 e. The van der Waals surface area contributed by atoms with Gasteiger partial charge in [0.25, 0.3) is 5.91 Å². The van der Waals surface area contributed by atoms with E-state index >= 15 is 0 Å². The zero-order valence-electron chi connectivity index (χ0n) is 13.1. The topological polar surface area (TPSA) is 51.1 Å². The van der Waals surface area contributed by atoms with Gasteiger partial charge >= 0.3 is 6.18 Å². The van der Waals surface area contributed by atoms with E-state index in [2.05, 4.69) is 5.32 Å². The number of carbonyl (C=O) groups is 2. The Labute approximate surface area is 140 Å². The third-order valence-corrected chi connectivity index (χ3v) is 3.74. The van der Waals surface area contributed by atoms with Crippen molar-refractivity contribution in [1.82, 2.24) is 4.57 Å². The monoisotopic (exact) mass is 346 g/mol. The van der Waals surface area contributed by atoms with Crippen LogP contribution in [-0.2, 0) is 6.18 Å². The summed E-state index contributed by atoms with van der Waals surface area (Å²) >= 11 is 0. The van der Waals surface area contributed by atoms with E-state index in [0.29, 0.717) is 10.9 Å². The van der Waals surface area contributed by atoms with E-state index in [4.69, 9.17) is 0 Å². The lowest BCUT2D eigenvalue weighted by Crippen LogP contribution is -2.13. The minimum absolute atomic E-state index is 0.0273. The number of nitrogens with zero attached hydrogens (tertiary/aromatic N) is 1. The molecule has 3 aromatic rings. The Balaban J connectivity index is 1.98. The highest BCUT2D eigenvalue weighted by molar-refractivity contribution is 6.14. The summed E-state index contributed by atoms with van der Waals surface area (Å²) in [5.74, 6) is -0.857. The van der Waals surface area contributed by atoms with Crippen LogP contribution in [0.25, 0.3) is 10.9 Å². The molecule has 1 amide bonds. The van der Waals surface area contributed by atoms with Crippen molar-refractivity contribution in [2.45, 2.75) is 13.1 Å². The highest BCUT2D eigenvalue weighted by atomic mass is 19.4. The van der Waals surface area contributed by atoms with Crippen LogP contribution < -0.4 is 5.32 Å². The van der Waals surface area contributed by atoms with Crippen LogP contribution in [0.2, 0.25) is 0 Å². The first-order valence-corrected chi connectivity index (χ1v) is 7.37. The van der Waals surface area contributed by atoms with E-state index in [0.717, 1.165) is 12.1 Å². The zero-order chi connectivity index (χ0) is 18.2. The van der Waals surface area contributed by atoms with Crippen molar-refractivity contribution in [1.29, 1.82) is 0 Å². The number of anilines is 1. The molecule has 4 nitrogen and oxygen atoms in total. The molecule has 0 atom stereocenters. The Kier molecular flexibility index (Phi) is 4.08. The minimum Gasteiger partial charge on any atom is -0.322 e. The Morgan fingerprint density at radius 3 is 2.44 bits per heavy atom. The predicted molar refractivity (Wildman–Crippen MR) is 87.6 cm³/mol. The van der Waals surface area contributed by atoms with Gasteiger partial charge in [0.05, 0.1) is 16.6 Å². The fourth-order valence-electron chi connectivity index (χ4n) is 2.59. The molecule has 1 N–H and O–H groups in total. The second-order valence-corrected chi connectivity index (χ2v) is 5.48. The van der Waals surface area contributed by atoms with Gasteiger partial charge < -0.3 is 5.32 Å². The molecule has 2 aromatic carbocycles. The molecule has 0 aliphatic heterocycles. The number of halogens is 3. The Bertz CT molecular complexity index is 974. The SMILES string of the molecule is CC(=O)n1cc(C(=O)Nc2cccc(C(F)(F)F)c2)c2ccccc21. The summed E-state index contributed by atoms with van der Waals surface area (Å²) in [6.45, 7) is 1.36. The molecule has 0 fully saturated rings. The Hall–Kier alpha value is -3.09. The van der Waals surface area contributed by atoms with Crippen LogP contribution in [0.4, 0.5) is 18.9 Å². The highest BCUT2D eigenvalue weighted by Gasteiger charge is 2.30. The van der Waals surface area contributed by atoms with Crippen LogP contribution in [0, 0.1) is 0 Å². The molecule has 25 heavy (non-hydrogen) atoms. The summed E-state index contributed by atoms with van der Waals surface area (Å²) in [7, 11) is 0. The van der Waals surface area contributed by atoms with Crippen molar-refractivity contribution in [2.24, 2.45) is 0 Å². The molecule has 1 heterocycles. The van der Waals surface area contributed by atoms with E-state index < -0.39 is 17.6 Å². The number of alkyl halides is 3. The van der Waals surface area contributed by atoms with Gasteiger partial charge in [-0.25, -0.2) is 0 Å². The van der Waals surface area contributed by atoms with Crippen molar-refractivity contribution >= 4 is 28.4 Å². The summed E-state index contributed by atoms with van der Waals surface area (Å²) in [5, 5.41) is 3.00. The van der Waals surface area contributed by atoms with E-state index in [9.17, 15) is 22.8 Å². The number of para-hydroxylation sites is 1. The molecule has 0 saturated carbocycles. The van der Waals surface area contributed by atoms with Gasteiger partial charge in [-0.1, -0.05) is 24.3 Å². The maximum absolute atomic E-state index is 12.8. The van der Waals surface area contributed by atoms with Crippen LogP contribution >= 0.6 is 0 Å². The lowest BCUT2D eigenvalue weighted by molar-refractivity contribution is -0.137. The number of benzene rings is 2. The Morgan fingerprint density at radius 2 is 1.76 bits per heavy atom. The average molecular weight is 346 g/mol. The van der Waals surface area contributed by atoms with Gasteiger partial charge in [0.15, 0.2) is 0 Å². The summed E-state index contributed by atoms with van der Waals surface area (Å²) < 4.78 is 39.7. The summed E-state index contributed by atoms with van der Waals surface area (Å²) in [6.07, 6.45) is -3.11.